The molecule has 10 nitrogen and oxygen atoms in total. The average molecular weight is 534 g/mol. The SMILES string of the molecule is CN1C(=O)CNc2ccc(-c3ccc(C[C@@H](C#N)NC(=O)[C@]4(C(C)(C)C)CN(C(=O)O)CCCO4)cc3)cc21. The number of nitrogens with one attached hydrogen (secondary N) is 2. The molecule has 39 heavy (non-hydrogen) atoms. The molecular formula is C29H35N5O5. The van der Waals surface area contributed by atoms with Crippen LogP contribution in [0.4, 0.5) is 16.2 Å². The number of nitriles is 1. The zero-order valence-electron chi connectivity index (χ0n) is 22.8. The molecule has 2 heterocycles. The van der Waals surface area contributed by atoms with Crippen molar-refractivity contribution in [1.29, 1.82) is 5.26 Å². The number of nitrogens with zero attached hydrogens (tertiary/aromatic N) is 3. The monoisotopic (exact) mass is 533 g/mol. The molecule has 0 saturated carbocycles. The van der Waals surface area contributed by atoms with E-state index in [2.05, 4.69) is 16.7 Å². The highest BCUT2D eigenvalue weighted by atomic mass is 16.5. The molecule has 206 valence electrons. The van der Waals surface area contributed by atoms with E-state index in [1.807, 2.05) is 63.2 Å². The first-order valence-corrected chi connectivity index (χ1v) is 13.0. The lowest BCUT2D eigenvalue weighted by atomic mass is 9.75. The largest absolute Gasteiger partial charge is 0.465 e. The van der Waals surface area contributed by atoms with Crippen LogP contribution in [-0.2, 0) is 20.7 Å². The van der Waals surface area contributed by atoms with Gasteiger partial charge < -0.3 is 30.3 Å². The highest BCUT2D eigenvalue weighted by molar-refractivity contribution is 6.03. The summed E-state index contributed by atoms with van der Waals surface area (Å²) < 4.78 is 6.06. The van der Waals surface area contributed by atoms with Gasteiger partial charge in [0, 0.05) is 32.0 Å². The predicted octanol–water partition coefficient (Wildman–Crippen LogP) is 3.48. The zero-order valence-corrected chi connectivity index (χ0v) is 22.8. The molecule has 10 heteroatoms. The van der Waals surface area contributed by atoms with Crippen LogP contribution in [0.1, 0.15) is 32.8 Å². The van der Waals surface area contributed by atoms with Gasteiger partial charge in [-0.2, -0.15) is 5.26 Å². The van der Waals surface area contributed by atoms with Crippen molar-refractivity contribution in [1.82, 2.24) is 10.2 Å². The fraction of sp³-hybridized carbons (Fsp3) is 0.448. The van der Waals surface area contributed by atoms with Gasteiger partial charge in [0.2, 0.25) is 5.91 Å². The number of fused-ring (bicyclic) bond motifs is 1. The highest BCUT2D eigenvalue weighted by Crippen LogP contribution is 2.37. The van der Waals surface area contributed by atoms with Gasteiger partial charge in [-0.1, -0.05) is 51.1 Å². The Bertz CT molecular complexity index is 1300. The fourth-order valence-corrected chi connectivity index (χ4v) is 5.02. The second-order valence-corrected chi connectivity index (χ2v) is 11.1. The lowest BCUT2D eigenvalue weighted by Crippen LogP contribution is -2.63. The van der Waals surface area contributed by atoms with Crippen molar-refractivity contribution in [2.75, 3.05) is 43.5 Å². The third-order valence-electron chi connectivity index (χ3n) is 7.53. The lowest BCUT2D eigenvalue weighted by molar-refractivity contribution is -0.165. The van der Waals surface area contributed by atoms with Gasteiger partial charge in [0.25, 0.3) is 5.91 Å². The van der Waals surface area contributed by atoms with Crippen molar-refractivity contribution < 1.29 is 24.2 Å². The second kappa shape index (κ2) is 10.9. The van der Waals surface area contributed by atoms with E-state index in [1.54, 1.807) is 11.9 Å². The Balaban J connectivity index is 1.49. The van der Waals surface area contributed by atoms with Crippen LogP contribution in [0.2, 0.25) is 0 Å². The number of carbonyl (C=O) groups excluding carboxylic acids is 2. The number of rotatable bonds is 5. The van der Waals surface area contributed by atoms with Crippen LogP contribution >= 0.6 is 0 Å². The van der Waals surface area contributed by atoms with Crippen LogP contribution in [0.25, 0.3) is 11.1 Å². The van der Waals surface area contributed by atoms with E-state index in [-0.39, 0.29) is 38.6 Å². The molecule has 3 N–H and O–H groups in total. The Kier molecular flexibility index (Phi) is 7.84. The Labute approximate surface area is 228 Å². The summed E-state index contributed by atoms with van der Waals surface area (Å²) in [6.07, 6.45) is -0.345. The summed E-state index contributed by atoms with van der Waals surface area (Å²) in [6, 6.07) is 14.9. The van der Waals surface area contributed by atoms with Crippen molar-refractivity contribution in [2.45, 2.75) is 45.3 Å². The number of hydrogen-bond acceptors (Lipinski definition) is 6. The molecule has 4 rings (SSSR count). The molecule has 0 aliphatic carbocycles. The van der Waals surface area contributed by atoms with Crippen molar-refractivity contribution in [3.05, 3.63) is 48.0 Å². The maximum absolute atomic E-state index is 13.6. The molecule has 0 unspecified atom stereocenters. The van der Waals surface area contributed by atoms with Gasteiger partial charge in [0.1, 0.15) is 6.04 Å². The van der Waals surface area contributed by atoms with Crippen LogP contribution in [0.5, 0.6) is 0 Å². The van der Waals surface area contributed by atoms with Gasteiger partial charge in [-0.15, -0.1) is 0 Å². The topological polar surface area (TPSA) is 135 Å². The van der Waals surface area contributed by atoms with E-state index >= 15 is 0 Å². The third kappa shape index (κ3) is 5.68. The smallest absolute Gasteiger partial charge is 0.407 e. The maximum atomic E-state index is 13.6. The number of hydrogen-bond donors (Lipinski definition) is 3. The van der Waals surface area contributed by atoms with E-state index < -0.39 is 29.1 Å². The Morgan fingerprint density at radius 1 is 1.21 bits per heavy atom. The molecule has 2 aromatic rings. The fourth-order valence-electron chi connectivity index (χ4n) is 5.02. The summed E-state index contributed by atoms with van der Waals surface area (Å²) in [7, 11) is 1.76. The quantitative estimate of drug-likeness (QED) is 0.536. The van der Waals surface area contributed by atoms with Gasteiger partial charge in [-0.05, 0) is 35.2 Å². The maximum Gasteiger partial charge on any atom is 0.407 e. The lowest BCUT2D eigenvalue weighted by Gasteiger charge is -2.43. The van der Waals surface area contributed by atoms with E-state index in [4.69, 9.17) is 4.74 Å². The summed E-state index contributed by atoms with van der Waals surface area (Å²) in [5, 5.41) is 25.4. The first-order chi connectivity index (χ1) is 18.4. The predicted molar refractivity (Wildman–Crippen MR) is 147 cm³/mol. The van der Waals surface area contributed by atoms with Gasteiger partial charge in [0.05, 0.1) is 30.5 Å². The minimum Gasteiger partial charge on any atom is -0.465 e. The van der Waals surface area contributed by atoms with Crippen molar-refractivity contribution in [3.63, 3.8) is 0 Å². The van der Waals surface area contributed by atoms with E-state index in [0.717, 1.165) is 28.1 Å². The number of benzene rings is 2. The Morgan fingerprint density at radius 2 is 1.90 bits per heavy atom. The van der Waals surface area contributed by atoms with Crippen molar-refractivity contribution >= 4 is 29.3 Å². The summed E-state index contributed by atoms with van der Waals surface area (Å²) in [4.78, 5) is 40.3. The molecule has 2 atom stereocenters. The molecule has 0 bridgehead atoms. The first kappa shape index (κ1) is 27.9. The number of amides is 3. The van der Waals surface area contributed by atoms with Crippen molar-refractivity contribution in [2.24, 2.45) is 5.41 Å². The molecule has 0 radical (unpaired) electrons. The van der Waals surface area contributed by atoms with Gasteiger partial charge in [0.15, 0.2) is 5.60 Å². The molecule has 3 amide bonds. The van der Waals surface area contributed by atoms with Crippen LogP contribution in [0.15, 0.2) is 42.5 Å². The number of anilines is 2. The van der Waals surface area contributed by atoms with E-state index in [0.29, 0.717) is 6.42 Å². The normalized spacial score (nSPS) is 20.2. The molecule has 0 spiro atoms. The number of carboxylic acid groups (broad SMARTS) is 1. The molecule has 2 aromatic carbocycles. The van der Waals surface area contributed by atoms with Crippen LogP contribution in [0.3, 0.4) is 0 Å². The summed E-state index contributed by atoms with van der Waals surface area (Å²) in [5.41, 5.74) is 2.33. The van der Waals surface area contributed by atoms with E-state index in [9.17, 15) is 24.8 Å². The molecule has 2 aliphatic heterocycles. The summed E-state index contributed by atoms with van der Waals surface area (Å²) >= 11 is 0. The molecule has 0 aromatic heterocycles. The first-order valence-electron chi connectivity index (χ1n) is 13.0. The van der Waals surface area contributed by atoms with Gasteiger partial charge >= 0.3 is 6.09 Å². The number of likely N-dealkylation sites (N-methyl/N-ethyl adjacent to an activating group) is 1. The molecule has 2 aliphatic rings. The molecular weight excluding hydrogens is 498 g/mol. The number of ether oxygens (including phenoxy) is 1. The Hall–Kier alpha value is -4.10. The minimum absolute atomic E-state index is 0.00208. The summed E-state index contributed by atoms with van der Waals surface area (Å²) in [5.74, 6) is -0.495. The standard InChI is InChI=1S/C29H35N5O5/c1-28(2,3)29(18-34(27(37)38)12-5-13-39-29)26(36)32-22(16-30)14-19-6-8-20(9-7-19)21-10-11-23-24(15-21)33(4)25(35)17-31-23/h6-11,15,22,31H,5,12-14,17-18H2,1-4H3,(H,32,36)(H,37,38)/t22-,29-/m0/s1. The molecule has 1 saturated heterocycles. The molecule has 1 fully saturated rings. The van der Waals surface area contributed by atoms with Crippen LogP contribution in [0, 0.1) is 16.7 Å². The third-order valence-corrected chi connectivity index (χ3v) is 7.53. The minimum atomic E-state index is -1.43. The zero-order chi connectivity index (χ0) is 28.4. The van der Waals surface area contributed by atoms with Crippen LogP contribution in [-0.4, -0.2) is 72.8 Å². The second-order valence-electron chi connectivity index (χ2n) is 11.1. The van der Waals surface area contributed by atoms with Gasteiger partial charge in [-0.25, -0.2) is 4.79 Å². The van der Waals surface area contributed by atoms with Crippen LogP contribution < -0.4 is 15.5 Å². The average Bonchev–Trinajstić information content (AvgIpc) is 3.15. The summed E-state index contributed by atoms with van der Waals surface area (Å²) in [6.45, 7) is 6.20. The van der Waals surface area contributed by atoms with Gasteiger partial charge in [-0.3, -0.25) is 9.59 Å². The van der Waals surface area contributed by atoms with Crippen molar-refractivity contribution in [3.8, 4) is 17.2 Å². The van der Waals surface area contributed by atoms with E-state index in [1.165, 1.54) is 4.90 Å². The highest BCUT2D eigenvalue weighted by Gasteiger charge is 2.53. The number of carbonyl (C=O) groups is 3. The Morgan fingerprint density at radius 3 is 2.54 bits per heavy atom.